The Kier molecular flexibility index (Phi) is 5.71. The first kappa shape index (κ1) is 18.4. The molecule has 0 spiro atoms. The molecule has 0 aliphatic heterocycles. The number of hydrogen-bond acceptors (Lipinski definition) is 7. The van der Waals surface area contributed by atoms with Gasteiger partial charge in [0.05, 0.1) is 18.8 Å². The Morgan fingerprint density at radius 2 is 1.70 bits per heavy atom. The molecule has 0 radical (unpaired) electrons. The molecule has 0 aliphatic carbocycles. The van der Waals surface area contributed by atoms with Crippen LogP contribution >= 0.6 is 0 Å². The first-order valence-corrected chi connectivity index (χ1v) is 8.82. The zero-order chi connectivity index (χ0) is 19.2. The predicted octanol–water partition coefficient (Wildman–Crippen LogP) is 3.09. The van der Waals surface area contributed by atoms with Gasteiger partial charge in [-0.25, -0.2) is 4.98 Å². The molecular weight excluding hydrogens is 342 g/mol. The number of anilines is 2. The fourth-order valence-corrected chi connectivity index (χ4v) is 2.87. The Hall–Kier alpha value is -3.35. The molecule has 0 saturated carbocycles. The maximum Gasteiger partial charge on any atom is 0.221 e. The number of nitrogen functional groups attached to an aromatic ring is 2. The molecule has 0 fully saturated rings. The summed E-state index contributed by atoms with van der Waals surface area (Å²) in [7, 11) is 0. The van der Waals surface area contributed by atoms with Crippen LogP contribution in [0.4, 0.5) is 11.8 Å². The summed E-state index contributed by atoms with van der Waals surface area (Å²) in [5.41, 5.74) is 15.2. The average Bonchev–Trinajstić information content (AvgIpc) is 2.65. The number of nitrogens with two attached hydrogens (primary N) is 2. The molecule has 3 rings (SSSR count). The van der Waals surface area contributed by atoms with Crippen molar-refractivity contribution in [1.82, 2.24) is 15.0 Å². The van der Waals surface area contributed by atoms with Crippen LogP contribution in [0.25, 0.3) is 11.1 Å². The summed E-state index contributed by atoms with van der Waals surface area (Å²) in [6.07, 6.45) is 5.72. The average molecular weight is 365 g/mol. The van der Waals surface area contributed by atoms with Gasteiger partial charge in [0.15, 0.2) is 0 Å². The Labute approximate surface area is 158 Å². The van der Waals surface area contributed by atoms with E-state index in [1.165, 1.54) is 0 Å². The van der Waals surface area contributed by atoms with Gasteiger partial charge in [0.25, 0.3) is 0 Å². The lowest BCUT2D eigenvalue weighted by molar-refractivity contribution is 0.325. The lowest BCUT2D eigenvalue weighted by Gasteiger charge is -2.17. The van der Waals surface area contributed by atoms with Crippen molar-refractivity contribution in [3.63, 3.8) is 0 Å². The molecule has 2 heterocycles. The summed E-state index contributed by atoms with van der Waals surface area (Å²) in [5, 5.41) is 0. The van der Waals surface area contributed by atoms with Gasteiger partial charge in [-0.05, 0) is 37.6 Å². The minimum absolute atomic E-state index is 0.160. The van der Waals surface area contributed by atoms with Crippen LogP contribution in [0.15, 0.2) is 42.9 Å². The summed E-state index contributed by atoms with van der Waals surface area (Å²) in [6.45, 7) is 4.97. The largest absolute Gasteiger partial charge is 0.493 e. The van der Waals surface area contributed by atoms with Gasteiger partial charge in [0, 0.05) is 36.1 Å². The SMILES string of the molecule is CCOc1cc(Cc2cnc(N)nc2N)cc(OCC)c1-c1cccnc1. The third-order valence-corrected chi connectivity index (χ3v) is 3.99. The molecule has 0 amide bonds. The van der Waals surface area contributed by atoms with E-state index in [0.29, 0.717) is 25.5 Å². The van der Waals surface area contributed by atoms with Crippen LogP contribution in [-0.2, 0) is 6.42 Å². The Morgan fingerprint density at radius 3 is 2.26 bits per heavy atom. The van der Waals surface area contributed by atoms with E-state index in [2.05, 4.69) is 15.0 Å². The zero-order valence-corrected chi connectivity index (χ0v) is 15.5. The number of ether oxygens (including phenoxy) is 2. The maximum atomic E-state index is 5.98. The number of aromatic nitrogens is 3. The maximum absolute atomic E-state index is 5.98. The quantitative estimate of drug-likeness (QED) is 0.662. The second-order valence-corrected chi connectivity index (χ2v) is 5.89. The summed E-state index contributed by atoms with van der Waals surface area (Å²) in [4.78, 5) is 12.3. The van der Waals surface area contributed by atoms with Gasteiger partial charge in [0.2, 0.25) is 5.95 Å². The summed E-state index contributed by atoms with van der Waals surface area (Å²) < 4.78 is 11.8. The van der Waals surface area contributed by atoms with Gasteiger partial charge in [-0.3, -0.25) is 4.98 Å². The standard InChI is InChI=1S/C20H23N5O2/c1-3-26-16-9-13(8-15-12-24-20(22)25-19(15)21)10-17(27-4-2)18(16)14-6-5-7-23-11-14/h5-7,9-12H,3-4,8H2,1-2H3,(H4,21,22,24,25). The van der Waals surface area contributed by atoms with E-state index in [1.54, 1.807) is 18.6 Å². The van der Waals surface area contributed by atoms with Crippen molar-refractivity contribution in [2.24, 2.45) is 0 Å². The number of rotatable bonds is 7. The monoisotopic (exact) mass is 365 g/mol. The first-order chi connectivity index (χ1) is 13.1. The van der Waals surface area contributed by atoms with E-state index in [4.69, 9.17) is 20.9 Å². The molecule has 4 N–H and O–H groups in total. The summed E-state index contributed by atoms with van der Waals surface area (Å²) in [6, 6.07) is 7.86. The van der Waals surface area contributed by atoms with Gasteiger partial charge in [-0.15, -0.1) is 0 Å². The minimum atomic E-state index is 0.160. The van der Waals surface area contributed by atoms with Crippen molar-refractivity contribution in [3.05, 3.63) is 54.0 Å². The zero-order valence-electron chi connectivity index (χ0n) is 15.5. The number of hydrogen-bond donors (Lipinski definition) is 2. The van der Waals surface area contributed by atoms with Gasteiger partial charge >= 0.3 is 0 Å². The normalized spacial score (nSPS) is 10.6. The molecule has 2 aromatic heterocycles. The molecule has 7 nitrogen and oxygen atoms in total. The van der Waals surface area contributed by atoms with E-state index in [9.17, 15) is 0 Å². The fourth-order valence-electron chi connectivity index (χ4n) is 2.87. The third kappa shape index (κ3) is 4.25. The molecule has 140 valence electrons. The summed E-state index contributed by atoms with van der Waals surface area (Å²) in [5.74, 6) is 2.01. The van der Waals surface area contributed by atoms with Crippen LogP contribution in [0.3, 0.4) is 0 Å². The van der Waals surface area contributed by atoms with Crippen LogP contribution in [-0.4, -0.2) is 28.2 Å². The molecular formula is C20H23N5O2. The molecule has 0 aliphatic rings. The van der Waals surface area contributed by atoms with Gasteiger partial charge in [0.1, 0.15) is 17.3 Å². The molecule has 7 heteroatoms. The summed E-state index contributed by atoms with van der Waals surface area (Å²) >= 11 is 0. The fraction of sp³-hybridized carbons (Fsp3) is 0.250. The van der Waals surface area contributed by atoms with Gasteiger partial charge < -0.3 is 20.9 Å². The molecule has 0 atom stereocenters. The molecule has 3 aromatic rings. The van der Waals surface area contributed by atoms with E-state index in [-0.39, 0.29) is 5.95 Å². The Balaban J connectivity index is 2.08. The molecule has 0 bridgehead atoms. The second-order valence-electron chi connectivity index (χ2n) is 5.89. The molecule has 0 unspecified atom stereocenters. The number of pyridine rings is 1. The van der Waals surface area contributed by atoms with Crippen LogP contribution in [0, 0.1) is 0 Å². The lowest BCUT2D eigenvalue weighted by Crippen LogP contribution is -2.05. The molecule has 0 saturated heterocycles. The van der Waals surface area contributed by atoms with Crippen molar-refractivity contribution >= 4 is 11.8 Å². The highest BCUT2D eigenvalue weighted by molar-refractivity contribution is 5.77. The van der Waals surface area contributed by atoms with Crippen molar-refractivity contribution in [2.45, 2.75) is 20.3 Å². The first-order valence-electron chi connectivity index (χ1n) is 8.82. The van der Waals surface area contributed by atoms with Crippen molar-refractivity contribution < 1.29 is 9.47 Å². The third-order valence-electron chi connectivity index (χ3n) is 3.99. The van der Waals surface area contributed by atoms with Crippen LogP contribution < -0.4 is 20.9 Å². The molecule has 1 aromatic carbocycles. The van der Waals surface area contributed by atoms with E-state index >= 15 is 0 Å². The van der Waals surface area contributed by atoms with E-state index < -0.39 is 0 Å². The lowest BCUT2D eigenvalue weighted by atomic mass is 9.99. The van der Waals surface area contributed by atoms with Gasteiger partial charge in [-0.2, -0.15) is 4.98 Å². The van der Waals surface area contributed by atoms with E-state index in [1.807, 2.05) is 38.1 Å². The topological polar surface area (TPSA) is 109 Å². The highest BCUT2D eigenvalue weighted by atomic mass is 16.5. The number of nitrogens with zero attached hydrogens (tertiary/aromatic N) is 3. The van der Waals surface area contributed by atoms with Crippen LogP contribution in [0.2, 0.25) is 0 Å². The predicted molar refractivity (Wildman–Crippen MR) is 106 cm³/mol. The Bertz CT molecular complexity index is 888. The van der Waals surface area contributed by atoms with Crippen molar-refractivity contribution in [2.75, 3.05) is 24.7 Å². The molecule has 27 heavy (non-hydrogen) atoms. The second kappa shape index (κ2) is 8.35. The van der Waals surface area contributed by atoms with Crippen molar-refractivity contribution in [1.29, 1.82) is 0 Å². The smallest absolute Gasteiger partial charge is 0.221 e. The van der Waals surface area contributed by atoms with E-state index in [0.717, 1.165) is 33.8 Å². The highest BCUT2D eigenvalue weighted by Gasteiger charge is 2.17. The van der Waals surface area contributed by atoms with Crippen LogP contribution in [0.5, 0.6) is 11.5 Å². The van der Waals surface area contributed by atoms with Crippen LogP contribution in [0.1, 0.15) is 25.0 Å². The minimum Gasteiger partial charge on any atom is -0.493 e. The highest BCUT2D eigenvalue weighted by Crippen LogP contribution is 2.40. The Morgan fingerprint density at radius 1 is 1.00 bits per heavy atom. The van der Waals surface area contributed by atoms with Crippen molar-refractivity contribution in [3.8, 4) is 22.6 Å². The number of benzene rings is 1. The van der Waals surface area contributed by atoms with Gasteiger partial charge in [-0.1, -0.05) is 6.07 Å².